The van der Waals surface area contributed by atoms with Gasteiger partial charge in [0.2, 0.25) is 5.91 Å². The molecule has 0 bridgehead atoms. The van der Waals surface area contributed by atoms with Gasteiger partial charge in [-0.3, -0.25) is 4.79 Å². The first-order valence-corrected chi connectivity index (χ1v) is 10.1. The molecule has 148 valence electrons. The number of aryl methyl sites for hydroxylation is 1. The lowest BCUT2D eigenvalue weighted by Gasteiger charge is -2.31. The predicted molar refractivity (Wildman–Crippen MR) is 108 cm³/mol. The molecule has 3 aromatic rings. The molecule has 1 aromatic carbocycles. The van der Waals surface area contributed by atoms with Crippen LogP contribution < -0.4 is 10.2 Å². The molecule has 8 heteroatoms. The molecule has 1 aliphatic rings. The number of benzene rings is 1. The zero-order valence-corrected chi connectivity index (χ0v) is 16.7. The molecule has 3 heterocycles. The SMILES string of the molecule is CCn1ccnc1CNC(=O)CC1CCCN(c2nc3ccc(Cl)cc3o2)C1. The van der Waals surface area contributed by atoms with Crippen molar-refractivity contribution in [2.75, 3.05) is 18.0 Å². The fourth-order valence-electron chi connectivity index (χ4n) is 3.73. The van der Waals surface area contributed by atoms with Crippen LogP contribution in [0, 0.1) is 5.92 Å². The normalized spacial score (nSPS) is 17.2. The summed E-state index contributed by atoms with van der Waals surface area (Å²) >= 11 is 6.03. The van der Waals surface area contributed by atoms with Crippen molar-refractivity contribution in [3.05, 3.63) is 41.4 Å². The van der Waals surface area contributed by atoms with Crippen molar-refractivity contribution >= 4 is 34.6 Å². The number of fused-ring (bicyclic) bond motifs is 1. The molecule has 1 amide bonds. The lowest BCUT2D eigenvalue weighted by atomic mass is 9.94. The molecule has 1 fully saturated rings. The third kappa shape index (κ3) is 4.14. The van der Waals surface area contributed by atoms with Gasteiger partial charge in [0.15, 0.2) is 5.58 Å². The lowest BCUT2D eigenvalue weighted by Crippen LogP contribution is -2.38. The summed E-state index contributed by atoms with van der Waals surface area (Å²) in [5.74, 6) is 1.21. The summed E-state index contributed by atoms with van der Waals surface area (Å²) in [5.41, 5.74) is 1.49. The number of aromatic nitrogens is 3. The van der Waals surface area contributed by atoms with Crippen LogP contribution in [0.1, 0.15) is 32.0 Å². The first kappa shape index (κ1) is 18.8. The summed E-state index contributed by atoms with van der Waals surface area (Å²) in [6.45, 7) is 5.01. The molecule has 7 nitrogen and oxygen atoms in total. The van der Waals surface area contributed by atoms with Crippen molar-refractivity contribution in [1.29, 1.82) is 0 Å². The zero-order valence-electron chi connectivity index (χ0n) is 15.9. The number of carbonyl (C=O) groups is 1. The standard InChI is InChI=1S/C20H24ClN5O2/c1-2-25-9-7-22-18(25)12-23-19(27)10-14-4-3-8-26(13-14)20-24-16-6-5-15(21)11-17(16)28-20/h5-7,9,11,14H,2-4,8,10,12-13H2,1H3,(H,23,27). The van der Waals surface area contributed by atoms with Gasteiger partial charge in [-0.25, -0.2) is 4.98 Å². The molecule has 1 unspecified atom stereocenters. The molecule has 0 saturated carbocycles. The number of imidazole rings is 1. The van der Waals surface area contributed by atoms with Crippen molar-refractivity contribution < 1.29 is 9.21 Å². The van der Waals surface area contributed by atoms with E-state index in [9.17, 15) is 4.79 Å². The summed E-state index contributed by atoms with van der Waals surface area (Å²) in [6, 6.07) is 6.05. The number of halogens is 1. The number of rotatable bonds is 6. The molecule has 1 saturated heterocycles. The number of carbonyl (C=O) groups excluding carboxylic acids is 1. The Balaban J connectivity index is 1.34. The second-order valence-electron chi connectivity index (χ2n) is 7.17. The Morgan fingerprint density at radius 1 is 1.43 bits per heavy atom. The number of oxazole rings is 1. The van der Waals surface area contributed by atoms with Gasteiger partial charge in [0.05, 0.1) is 6.54 Å². The van der Waals surface area contributed by atoms with Crippen LogP contribution in [0.3, 0.4) is 0 Å². The summed E-state index contributed by atoms with van der Waals surface area (Å²) in [4.78, 5) is 23.4. The Morgan fingerprint density at radius 3 is 3.18 bits per heavy atom. The molecule has 0 radical (unpaired) electrons. The van der Waals surface area contributed by atoms with Crippen LogP contribution in [0.4, 0.5) is 6.01 Å². The van der Waals surface area contributed by atoms with Crippen molar-refractivity contribution in [3.63, 3.8) is 0 Å². The van der Waals surface area contributed by atoms with Crippen LogP contribution in [0.5, 0.6) is 0 Å². The van der Waals surface area contributed by atoms with Gasteiger partial charge in [-0.05, 0) is 37.8 Å². The Bertz CT molecular complexity index is 967. The molecule has 1 aliphatic heterocycles. The highest BCUT2D eigenvalue weighted by atomic mass is 35.5. The van der Waals surface area contributed by atoms with Gasteiger partial charge < -0.3 is 19.2 Å². The maximum Gasteiger partial charge on any atom is 0.298 e. The molecule has 1 atom stereocenters. The first-order valence-electron chi connectivity index (χ1n) is 9.70. The molecular formula is C20H24ClN5O2. The summed E-state index contributed by atoms with van der Waals surface area (Å²) in [6.07, 6.45) is 6.22. The van der Waals surface area contributed by atoms with Gasteiger partial charge in [-0.1, -0.05) is 11.6 Å². The van der Waals surface area contributed by atoms with E-state index in [1.807, 2.05) is 22.9 Å². The largest absolute Gasteiger partial charge is 0.423 e. The van der Waals surface area contributed by atoms with Gasteiger partial charge in [-0.15, -0.1) is 0 Å². The fraction of sp³-hybridized carbons (Fsp3) is 0.450. The van der Waals surface area contributed by atoms with Gasteiger partial charge in [0, 0.05) is 49.5 Å². The summed E-state index contributed by atoms with van der Waals surface area (Å²) in [5, 5.41) is 3.63. The van der Waals surface area contributed by atoms with Crippen molar-refractivity contribution in [2.45, 2.75) is 39.3 Å². The quantitative estimate of drug-likeness (QED) is 0.682. The number of anilines is 1. The molecule has 2 aromatic heterocycles. The van der Waals surface area contributed by atoms with Gasteiger partial charge >= 0.3 is 0 Å². The minimum Gasteiger partial charge on any atom is -0.423 e. The zero-order chi connectivity index (χ0) is 19.5. The van der Waals surface area contributed by atoms with Crippen molar-refractivity contribution in [2.24, 2.45) is 5.92 Å². The number of amides is 1. The number of hydrogen-bond acceptors (Lipinski definition) is 5. The van der Waals surface area contributed by atoms with E-state index in [1.165, 1.54) is 0 Å². The summed E-state index contributed by atoms with van der Waals surface area (Å²) in [7, 11) is 0. The molecule has 0 aliphatic carbocycles. The molecule has 28 heavy (non-hydrogen) atoms. The number of piperidine rings is 1. The number of hydrogen-bond donors (Lipinski definition) is 1. The van der Waals surface area contributed by atoms with Crippen molar-refractivity contribution in [1.82, 2.24) is 19.9 Å². The first-order chi connectivity index (χ1) is 13.6. The second kappa shape index (κ2) is 8.22. The van der Waals surface area contributed by atoms with Crippen LogP contribution in [-0.2, 0) is 17.9 Å². The molecule has 4 rings (SSSR count). The topological polar surface area (TPSA) is 76.2 Å². The highest BCUT2D eigenvalue weighted by Gasteiger charge is 2.25. The van der Waals surface area contributed by atoms with E-state index in [-0.39, 0.29) is 11.8 Å². The third-order valence-corrected chi connectivity index (χ3v) is 5.42. The monoisotopic (exact) mass is 401 g/mol. The van der Waals surface area contributed by atoms with E-state index in [0.29, 0.717) is 29.6 Å². The highest BCUT2D eigenvalue weighted by molar-refractivity contribution is 6.31. The maximum absolute atomic E-state index is 12.4. The lowest BCUT2D eigenvalue weighted by molar-refractivity contribution is -0.122. The van der Waals surface area contributed by atoms with Gasteiger partial charge in [0.1, 0.15) is 11.3 Å². The molecular weight excluding hydrogens is 378 g/mol. The smallest absolute Gasteiger partial charge is 0.298 e. The second-order valence-corrected chi connectivity index (χ2v) is 7.61. The maximum atomic E-state index is 12.4. The Labute approximate surface area is 168 Å². The van der Waals surface area contributed by atoms with Gasteiger partial charge in [0.25, 0.3) is 6.01 Å². The van der Waals surface area contributed by atoms with Crippen LogP contribution in [-0.4, -0.2) is 33.5 Å². The number of nitrogens with zero attached hydrogens (tertiary/aromatic N) is 4. The fourth-order valence-corrected chi connectivity index (χ4v) is 3.90. The Hall–Kier alpha value is -2.54. The average Bonchev–Trinajstić information content (AvgIpc) is 3.32. The van der Waals surface area contributed by atoms with E-state index in [4.69, 9.17) is 16.0 Å². The average molecular weight is 402 g/mol. The third-order valence-electron chi connectivity index (χ3n) is 5.19. The van der Waals surface area contributed by atoms with Crippen molar-refractivity contribution in [3.8, 4) is 0 Å². The Morgan fingerprint density at radius 2 is 2.32 bits per heavy atom. The van der Waals surface area contributed by atoms with Crippen LogP contribution >= 0.6 is 11.6 Å². The Kier molecular flexibility index (Phi) is 5.52. The summed E-state index contributed by atoms with van der Waals surface area (Å²) < 4.78 is 7.91. The van der Waals surface area contributed by atoms with E-state index in [1.54, 1.807) is 12.3 Å². The number of nitrogens with one attached hydrogen (secondary N) is 1. The predicted octanol–water partition coefficient (Wildman–Crippen LogP) is 3.62. The van der Waals surface area contributed by atoms with Crippen LogP contribution in [0.15, 0.2) is 35.0 Å². The van der Waals surface area contributed by atoms with E-state index < -0.39 is 0 Å². The minimum absolute atomic E-state index is 0.0573. The van der Waals surface area contributed by atoms with Crippen LogP contribution in [0.2, 0.25) is 5.02 Å². The van der Waals surface area contributed by atoms with E-state index in [2.05, 4.69) is 27.1 Å². The molecule has 1 N–H and O–H groups in total. The minimum atomic E-state index is 0.0573. The molecule has 0 spiro atoms. The van der Waals surface area contributed by atoms with E-state index >= 15 is 0 Å². The van der Waals surface area contributed by atoms with E-state index in [0.717, 1.165) is 43.8 Å². The van der Waals surface area contributed by atoms with Crippen LogP contribution in [0.25, 0.3) is 11.1 Å². The van der Waals surface area contributed by atoms with Gasteiger partial charge in [-0.2, -0.15) is 4.98 Å². The highest BCUT2D eigenvalue weighted by Crippen LogP contribution is 2.28.